The van der Waals surface area contributed by atoms with Crippen LogP contribution in [-0.4, -0.2) is 39.2 Å². The zero-order valence-electron chi connectivity index (χ0n) is 18.4. The van der Waals surface area contributed by atoms with Crippen molar-refractivity contribution in [3.8, 4) is 0 Å². The van der Waals surface area contributed by atoms with Crippen LogP contribution in [0.2, 0.25) is 0 Å². The average Bonchev–Trinajstić information content (AvgIpc) is 3.53. The van der Waals surface area contributed by atoms with E-state index in [0.717, 1.165) is 5.56 Å². The number of carbonyl (C=O) groups is 2. The van der Waals surface area contributed by atoms with Gasteiger partial charge in [-0.2, -0.15) is 0 Å². The third kappa shape index (κ3) is 3.08. The lowest BCUT2D eigenvalue weighted by Gasteiger charge is -2.36. The number of halogens is 1. The van der Waals surface area contributed by atoms with Gasteiger partial charge in [-0.15, -0.1) is 11.8 Å². The van der Waals surface area contributed by atoms with Crippen molar-refractivity contribution in [1.82, 2.24) is 4.90 Å². The van der Waals surface area contributed by atoms with Gasteiger partial charge in [-0.25, -0.2) is 4.39 Å². The number of non-ortho nitro benzene ring substituents is 1. The molecule has 0 bridgehead atoms. The molecule has 0 aliphatic carbocycles. The quantitative estimate of drug-likeness (QED) is 0.328. The number of carbonyl (C=O) groups excluding carboxylic acids is 2. The zero-order valence-corrected chi connectivity index (χ0v) is 19.2. The molecule has 0 saturated carbocycles. The highest BCUT2D eigenvalue weighted by Crippen LogP contribution is 2.61. The molecule has 1 amide bonds. The van der Waals surface area contributed by atoms with Crippen molar-refractivity contribution in [2.45, 2.75) is 17.5 Å². The number of nitro benzene ring substituents is 1. The number of hydrogen-bond donors (Lipinski definition) is 1. The van der Waals surface area contributed by atoms with Crippen LogP contribution in [0.1, 0.15) is 27.4 Å². The number of fused-ring (bicyclic) bond motifs is 4. The Morgan fingerprint density at radius 1 is 1.11 bits per heavy atom. The number of nitrogens with one attached hydrogen (secondary N) is 1. The summed E-state index contributed by atoms with van der Waals surface area (Å²) in [6.45, 7) is 0. The van der Waals surface area contributed by atoms with Crippen molar-refractivity contribution in [2.24, 2.45) is 5.92 Å². The van der Waals surface area contributed by atoms with Gasteiger partial charge < -0.3 is 5.32 Å². The molecule has 3 heterocycles. The predicted octanol–water partition coefficient (Wildman–Crippen LogP) is 4.55. The van der Waals surface area contributed by atoms with E-state index in [-0.39, 0.29) is 23.4 Å². The first kappa shape index (κ1) is 21.9. The van der Waals surface area contributed by atoms with E-state index < -0.39 is 28.1 Å². The summed E-state index contributed by atoms with van der Waals surface area (Å²) >= 11 is 1.66. The number of thioether (sulfide) groups is 1. The number of benzene rings is 3. The van der Waals surface area contributed by atoms with Crippen LogP contribution in [0, 0.1) is 21.8 Å². The standard InChI is InChI=1S/C26H20FN3O4S/c27-17-8-11-20-19(12-17)26(25(32)28-20)23(24(31)16-4-2-1-3-5-16)22(21-13-35-14-29(21)26)15-6-9-18(10-7-15)30(33)34/h1-12,21-23H,13-14H2,(H,28,32). The molecule has 2 fully saturated rings. The number of hydrogen-bond acceptors (Lipinski definition) is 6. The van der Waals surface area contributed by atoms with Crippen molar-refractivity contribution in [1.29, 1.82) is 0 Å². The van der Waals surface area contributed by atoms with Crippen LogP contribution in [0.15, 0.2) is 72.8 Å². The second-order valence-corrected chi connectivity index (χ2v) is 10.0. The molecule has 3 aromatic carbocycles. The lowest BCUT2D eigenvalue weighted by Crippen LogP contribution is -2.52. The van der Waals surface area contributed by atoms with Gasteiger partial charge >= 0.3 is 0 Å². The Bertz CT molecular complexity index is 1370. The van der Waals surface area contributed by atoms with E-state index in [9.17, 15) is 24.1 Å². The summed E-state index contributed by atoms with van der Waals surface area (Å²) in [5, 5.41) is 14.1. The Morgan fingerprint density at radius 2 is 1.86 bits per heavy atom. The minimum Gasteiger partial charge on any atom is -0.324 e. The normalized spacial score (nSPS) is 27.0. The summed E-state index contributed by atoms with van der Waals surface area (Å²) in [6, 6.07) is 19.0. The summed E-state index contributed by atoms with van der Waals surface area (Å²) in [5.41, 5.74) is 0.754. The lowest BCUT2D eigenvalue weighted by atomic mass is 9.69. The topological polar surface area (TPSA) is 92.5 Å². The maximum absolute atomic E-state index is 14.5. The van der Waals surface area contributed by atoms with Crippen molar-refractivity contribution in [3.05, 3.63) is 105 Å². The minimum absolute atomic E-state index is 0.0453. The van der Waals surface area contributed by atoms with Gasteiger partial charge in [0.25, 0.3) is 5.69 Å². The molecule has 3 aromatic rings. The van der Waals surface area contributed by atoms with Crippen LogP contribution in [0.25, 0.3) is 0 Å². The maximum Gasteiger partial charge on any atom is 0.269 e. The molecule has 0 radical (unpaired) electrons. The lowest BCUT2D eigenvalue weighted by molar-refractivity contribution is -0.384. The van der Waals surface area contributed by atoms with Gasteiger partial charge in [0, 0.05) is 52.5 Å². The fourth-order valence-electron chi connectivity index (χ4n) is 6.02. The molecular formula is C26H20FN3O4S. The van der Waals surface area contributed by atoms with Gasteiger partial charge in [0.2, 0.25) is 5.91 Å². The molecule has 4 atom stereocenters. The SMILES string of the molecule is O=C(c1ccccc1)C1C(c2ccc([N+](=O)[O-])cc2)C2CSCN2C12C(=O)Nc1ccc(F)cc12. The Morgan fingerprint density at radius 3 is 2.57 bits per heavy atom. The highest BCUT2D eigenvalue weighted by Gasteiger charge is 2.69. The summed E-state index contributed by atoms with van der Waals surface area (Å²) < 4.78 is 14.5. The molecule has 3 aliphatic rings. The first-order valence-electron chi connectivity index (χ1n) is 11.2. The molecule has 1 spiro atoms. The van der Waals surface area contributed by atoms with E-state index in [4.69, 9.17) is 0 Å². The first-order valence-corrected chi connectivity index (χ1v) is 12.4. The van der Waals surface area contributed by atoms with E-state index in [1.807, 2.05) is 11.0 Å². The molecule has 0 aromatic heterocycles. The van der Waals surface area contributed by atoms with Crippen LogP contribution in [0.4, 0.5) is 15.8 Å². The van der Waals surface area contributed by atoms with Crippen LogP contribution in [-0.2, 0) is 10.3 Å². The number of anilines is 1. The molecule has 7 nitrogen and oxygen atoms in total. The zero-order chi connectivity index (χ0) is 24.3. The predicted molar refractivity (Wildman–Crippen MR) is 130 cm³/mol. The number of rotatable bonds is 4. The number of amides is 1. The van der Waals surface area contributed by atoms with Crippen molar-refractivity contribution < 1.29 is 18.9 Å². The molecule has 2 saturated heterocycles. The van der Waals surface area contributed by atoms with Gasteiger partial charge in [-0.05, 0) is 23.8 Å². The second kappa shape index (κ2) is 8.00. The smallest absolute Gasteiger partial charge is 0.269 e. The van der Waals surface area contributed by atoms with Gasteiger partial charge in [0.1, 0.15) is 11.4 Å². The van der Waals surface area contributed by atoms with E-state index in [1.54, 1.807) is 54.2 Å². The van der Waals surface area contributed by atoms with Gasteiger partial charge in [-0.1, -0.05) is 42.5 Å². The van der Waals surface area contributed by atoms with Crippen molar-refractivity contribution in [2.75, 3.05) is 16.9 Å². The Balaban J connectivity index is 1.60. The molecule has 4 unspecified atom stereocenters. The van der Waals surface area contributed by atoms with E-state index in [1.165, 1.54) is 24.3 Å². The van der Waals surface area contributed by atoms with Crippen LogP contribution >= 0.6 is 11.8 Å². The van der Waals surface area contributed by atoms with Gasteiger partial charge in [0.15, 0.2) is 5.78 Å². The third-order valence-corrected chi connectivity index (χ3v) is 8.45. The first-order chi connectivity index (χ1) is 16.9. The summed E-state index contributed by atoms with van der Waals surface area (Å²) in [6.07, 6.45) is 0. The monoisotopic (exact) mass is 489 g/mol. The summed E-state index contributed by atoms with van der Waals surface area (Å²) in [5.74, 6) is -1.10. The van der Waals surface area contributed by atoms with Crippen molar-refractivity contribution >= 4 is 34.8 Å². The fraction of sp³-hybridized carbons (Fsp3) is 0.231. The molecule has 176 valence electrons. The highest BCUT2D eigenvalue weighted by molar-refractivity contribution is 7.99. The van der Waals surface area contributed by atoms with E-state index >= 15 is 0 Å². The third-order valence-electron chi connectivity index (χ3n) is 7.41. The number of ketones is 1. The van der Waals surface area contributed by atoms with E-state index in [0.29, 0.717) is 28.4 Å². The molecule has 1 N–H and O–H groups in total. The molecule has 9 heteroatoms. The minimum atomic E-state index is -1.38. The van der Waals surface area contributed by atoms with Crippen LogP contribution in [0.5, 0.6) is 0 Å². The van der Waals surface area contributed by atoms with Crippen LogP contribution in [0.3, 0.4) is 0 Å². The van der Waals surface area contributed by atoms with Gasteiger partial charge in [-0.3, -0.25) is 24.6 Å². The van der Waals surface area contributed by atoms with Gasteiger partial charge in [0.05, 0.1) is 10.8 Å². The number of Topliss-reactive ketones (excluding diaryl/α,β-unsaturated/α-hetero) is 1. The average molecular weight is 490 g/mol. The number of nitro groups is 1. The van der Waals surface area contributed by atoms with Crippen LogP contribution < -0.4 is 5.32 Å². The Hall–Kier alpha value is -3.56. The summed E-state index contributed by atoms with van der Waals surface area (Å²) in [7, 11) is 0. The van der Waals surface area contributed by atoms with Crippen molar-refractivity contribution in [3.63, 3.8) is 0 Å². The second-order valence-electron chi connectivity index (χ2n) is 9.03. The largest absolute Gasteiger partial charge is 0.324 e. The Kier molecular flexibility index (Phi) is 5.01. The van der Waals surface area contributed by atoms with E-state index in [2.05, 4.69) is 5.32 Å². The number of nitrogens with zero attached hydrogens (tertiary/aromatic N) is 2. The molecule has 3 aliphatic heterocycles. The maximum atomic E-state index is 14.5. The highest BCUT2D eigenvalue weighted by atomic mass is 32.2. The molecule has 6 rings (SSSR count). The molecule has 35 heavy (non-hydrogen) atoms. The Labute approximate surface area is 204 Å². The summed E-state index contributed by atoms with van der Waals surface area (Å²) in [4.78, 5) is 40.9. The fourth-order valence-corrected chi connectivity index (χ4v) is 7.35. The molecular weight excluding hydrogens is 469 g/mol.